The van der Waals surface area contributed by atoms with Crippen molar-refractivity contribution in [2.45, 2.75) is 45.8 Å². The third-order valence-electron chi connectivity index (χ3n) is 5.97. The number of aromatic amines is 1. The smallest absolute Gasteiger partial charge is 0.393 e. The molecule has 3 heterocycles. The number of benzene rings is 1. The molecular formula is C23H26F3N5O2. The number of alkyl halides is 3. The van der Waals surface area contributed by atoms with Crippen LogP contribution in [0.4, 0.5) is 18.9 Å². The molecule has 3 aromatic rings. The summed E-state index contributed by atoms with van der Waals surface area (Å²) in [5.74, 6) is -2.03. The maximum atomic E-state index is 13.0. The minimum absolute atomic E-state index is 0.0633. The Morgan fingerprint density at radius 3 is 2.73 bits per heavy atom. The number of rotatable bonds is 5. The van der Waals surface area contributed by atoms with Gasteiger partial charge in [0.1, 0.15) is 5.69 Å². The highest BCUT2D eigenvalue weighted by molar-refractivity contribution is 6.14. The highest BCUT2D eigenvalue weighted by Gasteiger charge is 2.44. The van der Waals surface area contributed by atoms with E-state index in [1.165, 1.54) is 4.90 Å². The minimum atomic E-state index is -4.31. The van der Waals surface area contributed by atoms with Crippen molar-refractivity contribution in [1.29, 1.82) is 0 Å². The lowest BCUT2D eigenvalue weighted by atomic mass is 10.0. The molecular weight excluding hydrogens is 435 g/mol. The first kappa shape index (κ1) is 22.9. The number of nitrogens with one attached hydrogen (secondary N) is 1. The van der Waals surface area contributed by atoms with Gasteiger partial charge in [0.05, 0.1) is 29.6 Å². The lowest BCUT2D eigenvalue weighted by Crippen LogP contribution is -2.31. The van der Waals surface area contributed by atoms with Crippen molar-refractivity contribution in [3.8, 4) is 5.88 Å². The number of aromatic hydroxyl groups is 1. The number of fused-ring (bicyclic) bond motifs is 1. The maximum Gasteiger partial charge on any atom is 0.393 e. The second-order valence-corrected chi connectivity index (χ2v) is 8.57. The van der Waals surface area contributed by atoms with Crippen molar-refractivity contribution in [1.82, 2.24) is 19.7 Å². The van der Waals surface area contributed by atoms with E-state index in [1.54, 1.807) is 29.1 Å². The number of aliphatic imine (C=N–C) groups is 1. The topological polar surface area (TPSA) is 86.5 Å². The van der Waals surface area contributed by atoms with Gasteiger partial charge >= 0.3 is 6.18 Å². The summed E-state index contributed by atoms with van der Waals surface area (Å²) in [6, 6.07) is 4.98. The Balaban J connectivity index is 1.68. The Kier molecular flexibility index (Phi) is 5.94. The zero-order chi connectivity index (χ0) is 23.9. The zero-order valence-corrected chi connectivity index (χ0v) is 18.6. The summed E-state index contributed by atoms with van der Waals surface area (Å²) in [5, 5.41) is 15.5. The van der Waals surface area contributed by atoms with Gasteiger partial charge in [-0.15, -0.1) is 0 Å². The molecule has 0 saturated carbocycles. The molecule has 1 aliphatic heterocycles. The van der Waals surface area contributed by atoms with E-state index in [0.29, 0.717) is 34.3 Å². The van der Waals surface area contributed by atoms with Crippen LogP contribution in [0.2, 0.25) is 0 Å². The van der Waals surface area contributed by atoms with Crippen LogP contribution < -0.4 is 0 Å². The fraction of sp³-hybridized carbons (Fsp3) is 0.435. The number of H-pyrrole nitrogens is 1. The fourth-order valence-corrected chi connectivity index (χ4v) is 4.13. The van der Waals surface area contributed by atoms with Crippen LogP contribution in [0, 0.1) is 5.92 Å². The number of amides is 1. The van der Waals surface area contributed by atoms with Gasteiger partial charge in [-0.1, -0.05) is 6.92 Å². The van der Waals surface area contributed by atoms with E-state index in [9.17, 15) is 23.1 Å². The van der Waals surface area contributed by atoms with E-state index in [0.717, 1.165) is 0 Å². The summed E-state index contributed by atoms with van der Waals surface area (Å²) in [6.07, 6.45) is -0.448. The number of nitrogens with zero attached hydrogens (tertiary/aromatic N) is 4. The summed E-state index contributed by atoms with van der Waals surface area (Å²) in [5.41, 5.74) is 2.58. The van der Waals surface area contributed by atoms with Crippen molar-refractivity contribution in [3.63, 3.8) is 0 Å². The zero-order valence-electron chi connectivity index (χ0n) is 18.6. The molecule has 0 radical (unpaired) electrons. The quantitative estimate of drug-likeness (QED) is 0.512. The van der Waals surface area contributed by atoms with Gasteiger partial charge in [0.2, 0.25) is 0 Å². The molecule has 2 N–H and O–H groups in total. The lowest BCUT2D eigenvalue weighted by Gasteiger charge is -2.18. The molecule has 1 saturated heterocycles. The normalized spacial score (nSPS) is 17.5. The molecule has 0 unspecified atom stereocenters. The van der Waals surface area contributed by atoms with Crippen LogP contribution in [0.3, 0.4) is 0 Å². The summed E-state index contributed by atoms with van der Waals surface area (Å²) >= 11 is 0. The van der Waals surface area contributed by atoms with Crippen LogP contribution in [-0.2, 0) is 0 Å². The Morgan fingerprint density at radius 1 is 1.36 bits per heavy atom. The van der Waals surface area contributed by atoms with Crippen LogP contribution in [0.1, 0.15) is 55.6 Å². The number of carbonyl (C=O) groups is 1. The van der Waals surface area contributed by atoms with Crippen LogP contribution in [0.5, 0.6) is 5.88 Å². The molecule has 0 bridgehead atoms. The van der Waals surface area contributed by atoms with Crippen LogP contribution in [-0.4, -0.2) is 55.7 Å². The average molecular weight is 461 g/mol. The first-order chi connectivity index (χ1) is 15.6. The van der Waals surface area contributed by atoms with Gasteiger partial charge in [-0.05, 0) is 44.9 Å². The molecule has 10 heteroatoms. The summed E-state index contributed by atoms with van der Waals surface area (Å²) in [4.78, 5) is 21.7. The average Bonchev–Trinajstić information content (AvgIpc) is 3.49. The first-order valence-corrected chi connectivity index (χ1v) is 10.9. The van der Waals surface area contributed by atoms with Crippen molar-refractivity contribution in [2.24, 2.45) is 10.9 Å². The van der Waals surface area contributed by atoms with Gasteiger partial charge in [-0.2, -0.15) is 18.3 Å². The highest BCUT2D eigenvalue weighted by Crippen LogP contribution is 2.35. The van der Waals surface area contributed by atoms with Crippen molar-refractivity contribution in [3.05, 3.63) is 41.7 Å². The second kappa shape index (κ2) is 8.57. The monoisotopic (exact) mass is 461 g/mol. The molecule has 1 fully saturated rings. The molecule has 4 rings (SSSR count). The maximum absolute atomic E-state index is 13.0. The summed E-state index contributed by atoms with van der Waals surface area (Å²) in [7, 11) is 0. The third-order valence-corrected chi connectivity index (χ3v) is 5.97. The van der Waals surface area contributed by atoms with Crippen LogP contribution in [0.15, 0.2) is 35.6 Å². The van der Waals surface area contributed by atoms with Crippen LogP contribution >= 0.6 is 0 Å². The third kappa shape index (κ3) is 4.46. The molecule has 0 spiro atoms. The number of likely N-dealkylation sites (tertiary alicyclic amines) is 1. The molecule has 0 aliphatic carbocycles. The van der Waals surface area contributed by atoms with E-state index in [2.05, 4.69) is 15.1 Å². The van der Waals surface area contributed by atoms with E-state index in [-0.39, 0.29) is 37.0 Å². The molecule has 1 atom stereocenters. The Hall–Kier alpha value is -3.30. The van der Waals surface area contributed by atoms with E-state index < -0.39 is 18.0 Å². The van der Waals surface area contributed by atoms with Gasteiger partial charge in [0, 0.05) is 35.6 Å². The Labute approximate surface area is 188 Å². The molecule has 1 aliphatic rings. The van der Waals surface area contributed by atoms with E-state index >= 15 is 0 Å². The number of carbonyl (C=O) groups excluding carboxylic acids is 1. The number of aromatic nitrogens is 3. The predicted octanol–water partition coefficient (Wildman–Crippen LogP) is 5.21. The highest BCUT2D eigenvalue weighted by atomic mass is 19.4. The molecule has 176 valence electrons. The molecule has 33 heavy (non-hydrogen) atoms. The number of hydrogen-bond acceptors (Lipinski definition) is 4. The van der Waals surface area contributed by atoms with Gasteiger partial charge < -0.3 is 15.0 Å². The summed E-state index contributed by atoms with van der Waals surface area (Å²) in [6.45, 7) is 5.63. The largest absolute Gasteiger partial charge is 0.494 e. The standard InChI is InChI=1S/C23H26F3N5O2/c1-4-18(28-16-10-27-31(12-16)13(2)3)20-17-9-14(5-6-19(17)29-21(20)32)22(33)30-8-7-15(11-30)23(24,25)26/h5-6,9-10,12-13,15,29,32H,4,7-8,11H2,1-3H3/t15-/m1/s1. The van der Waals surface area contributed by atoms with Gasteiger partial charge in [0.25, 0.3) is 5.91 Å². The Morgan fingerprint density at radius 2 is 2.12 bits per heavy atom. The number of hydrogen-bond donors (Lipinski definition) is 2. The van der Waals surface area contributed by atoms with Crippen molar-refractivity contribution in [2.75, 3.05) is 13.1 Å². The van der Waals surface area contributed by atoms with Gasteiger partial charge in [-0.25, -0.2) is 4.99 Å². The van der Waals surface area contributed by atoms with Gasteiger partial charge in [-0.3, -0.25) is 9.48 Å². The SMILES string of the molecule is CCC(=Nc1cnn(C(C)C)c1)c1c(O)[nH]c2ccc(C(=O)N3CC[C@@H](C(F)(F)F)C3)cc12. The van der Waals surface area contributed by atoms with Crippen molar-refractivity contribution >= 4 is 28.2 Å². The molecule has 7 nitrogen and oxygen atoms in total. The first-order valence-electron chi connectivity index (χ1n) is 10.9. The summed E-state index contributed by atoms with van der Waals surface area (Å²) < 4.78 is 40.9. The van der Waals surface area contributed by atoms with Gasteiger partial charge in [0.15, 0.2) is 5.88 Å². The van der Waals surface area contributed by atoms with Crippen LogP contribution in [0.25, 0.3) is 10.9 Å². The molecule has 2 aromatic heterocycles. The van der Waals surface area contributed by atoms with Crippen molar-refractivity contribution < 1.29 is 23.1 Å². The lowest BCUT2D eigenvalue weighted by molar-refractivity contribution is -0.169. The van der Waals surface area contributed by atoms with E-state index in [1.807, 2.05) is 27.0 Å². The second-order valence-electron chi connectivity index (χ2n) is 8.57. The molecule has 1 amide bonds. The fourth-order valence-electron chi connectivity index (χ4n) is 4.13. The van der Waals surface area contributed by atoms with E-state index in [4.69, 9.17) is 0 Å². The molecule has 1 aromatic carbocycles. The minimum Gasteiger partial charge on any atom is -0.494 e. The predicted molar refractivity (Wildman–Crippen MR) is 119 cm³/mol. The number of halogens is 3. The Bertz CT molecular complexity index is 1210.